The van der Waals surface area contributed by atoms with Crippen LogP contribution in [0.5, 0.6) is 11.5 Å². The minimum absolute atomic E-state index is 0.00349. The van der Waals surface area contributed by atoms with E-state index in [4.69, 9.17) is 14.2 Å². The van der Waals surface area contributed by atoms with Crippen LogP contribution in [-0.2, 0) is 14.3 Å². The molecule has 3 saturated heterocycles. The highest BCUT2D eigenvalue weighted by Gasteiger charge is 2.54. The van der Waals surface area contributed by atoms with Gasteiger partial charge in [0, 0.05) is 37.5 Å². The van der Waals surface area contributed by atoms with Crippen molar-refractivity contribution >= 4 is 23.4 Å². The Labute approximate surface area is 221 Å². The average Bonchev–Trinajstić information content (AvgIpc) is 3.70. The van der Waals surface area contributed by atoms with E-state index in [-0.39, 0.29) is 37.2 Å². The van der Waals surface area contributed by atoms with Crippen molar-refractivity contribution in [3.05, 3.63) is 54.1 Å². The molecule has 1 atom stereocenters. The Balaban J connectivity index is 1.16. The van der Waals surface area contributed by atoms with Gasteiger partial charge in [-0.25, -0.2) is 0 Å². The first kappa shape index (κ1) is 24.5. The molecule has 0 radical (unpaired) electrons. The summed E-state index contributed by atoms with van der Waals surface area (Å²) in [6.45, 7) is 2.53. The molecule has 0 bridgehead atoms. The number of hydrogen-bond acceptors (Lipinski definition) is 7. The molecule has 3 fully saturated rings. The summed E-state index contributed by atoms with van der Waals surface area (Å²) in [5.74, 6) is 0.853. The quantitative estimate of drug-likeness (QED) is 0.622. The number of likely N-dealkylation sites (tertiary alicyclic amines) is 1. The van der Waals surface area contributed by atoms with Gasteiger partial charge in [0.05, 0.1) is 12.8 Å². The molecule has 6 rings (SSSR count). The van der Waals surface area contributed by atoms with Crippen LogP contribution in [0.2, 0.25) is 0 Å². The number of amides is 3. The zero-order valence-corrected chi connectivity index (χ0v) is 21.3. The number of carbonyl (C=O) groups is 3. The van der Waals surface area contributed by atoms with E-state index in [2.05, 4.69) is 10.2 Å². The Bertz CT molecular complexity index is 1210. The monoisotopic (exact) mass is 520 g/mol. The molecule has 2 aromatic rings. The van der Waals surface area contributed by atoms with Gasteiger partial charge in [0.25, 0.3) is 11.8 Å². The lowest BCUT2D eigenvalue weighted by Crippen LogP contribution is -2.57. The van der Waals surface area contributed by atoms with Crippen LogP contribution in [0.4, 0.5) is 5.69 Å². The third-order valence-corrected chi connectivity index (χ3v) is 7.96. The first-order valence-electron chi connectivity index (χ1n) is 13.2. The van der Waals surface area contributed by atoms with E-state index < -0.39 is 5.54 Å². The second-order valence-corrected chi connectivity index (χ2v) is 10.2. The molecule has 10 heteroatoms. The van der Waals surface area contributed by atoms with E-state index in [0.717, 1.165) is 25.1 Å². The standard InChI is InChI=1S/C28H32N4O6/c33-25(29-16-22-7-4-14-36-22)17-31-18-32(21-5-2-1-3-6-21)28(27(31)35)10-12-30(13-11-28)26(34)20-8-9-23-24(15-20)38-19-37-23/h1-3,5-6,8-9,15,22H,4,7,10-14,16-19H2,(H,29,33). The molecule has 1 spiro atoms. The van der Waals surface area contributed by atoms with Gasteiger partial charge in [-0.05, 0) is 56.0 Å². The maximum atomic E-state index is 13.9. The molecule has 0 aliphatic carbocycles. The number of carbonyl (C=O) groups excluding carboxylic acids is 3. The van der Waals surface area contributed by atoms with Gasteiger partial charge in [-0.1, -0.05) is 18.2 Å². The van der Waals surface area contributed by atoms with Crippen LogP contribution >= 0.6 is 0 Å². The minimum Gasteiger partial charge on any atom is -0.454 e. The van der Waals surface area contributed by atoms with Gasteiger partial charge in [0.2, 0.25) is 12.7 Å². The fourth-order valence-electron chi connectivity index (χ4n) is 5.88. The molecule has 10 nitrogen and oxygen atoms in total. The van der Waals surface area contributed by atoms with Crippen LogP contribution in [0.25, 0.3) is 0 Å². The molecular formula is C28H32N4O6. The molecule has 1 unspecified atom stereocenters. The van der Waals surface area contributed by atoms with Crippen molar-refractivity contribution in [2.45, 2.75) is 37.3 Å². The van der Waals surface area contributed by atoms with Gasteiger partial charge in [0.15, 0.2) is 11.5 Å². The Hall–Kier alpha value is -3.79. The summed E-state index contributed by atoms with van der Waals surface area (Å²) in [4.78, 5) is 45.4. The van der Waals surface area contributed by atoms with E-state index in [1.165, 1.54) is 0 Å². The molecule has 4 aliphatic heterocycles. The molecule has 4 aliphatic rings. The summed E-state index contributed by atoms with van der Waals surface area (Å²) in [6, 6.07) is 15.0. The summed E-state index contributed by atoms with van der Waals surface area (Å²) < 4.78 is 16.4. The zero-order chi connectivity index (χ0) is 26.1. The maximum absolute atomic E-state index is 13.9. The van der Waals surface area contributed by atoms with E-state index in [0.29, 0.717) is 56.2 Å². The van der Waals surface area contributed by atoms with Crippen LogP contribution in [0.1, 0.15) is 36.0 Å². The van der Waals surface area contributed by atoms with E-state index >= 15 is 0 Å². The van der Waals surface area contributed by atoms with Crippen molar-refractivity contribution in [3.63, 3.8) is 0 Å². The highest BCUT2D eigenvalue weighted by atomic mass is 16.7. The fourth-order valence-corrected chi connectivity index (χ4v) is 5.88. The Morgan fingerprint density at radius 3 is 2.58 bits per heavy atom. The van der Waals surface area contributed by atoms with Crippen molar-refractivity contribution in [2.75, 3.05) is 51.1 Å². The summed E-state index contributed by atoms with van der Waals surface area (Å²) >= 11 is 0. The molecule has 0 aromatic heterocycles. The molecule has 1 N–H and O–H groups in total. The van der Waals surface area contributed by atoms with E-state index in [1.807, 2.05) is 30.3 Å². The highest BCUT2D eigenvalue weighted by Crippen LogP contribution is 2.40. The summed E-state index contributed by atoms with van der Waals surface area (Å²) in [7, 11) is 0. The van der Waals surface area contributed by atoms with Gasteiger partial charge in [-0.15, -0.1) is 0 Å². The number of fused-ring (bicyclic) bond motifs is 1. The first-order valence-corrected chi connectivity index (χ1v) is 13.2. The number of piperidine rings is 1. The second-order valence-electron chi connectivity index (χ2n) is 10.2. The third-order valence-electron chi connectivity index (χ3n) is 7.96. The second kappa shape index (κ2) is 10.2. The van der Waals surface area contributed by atoms with E-state index in [9.17, 15) is 14.4 Å². The van der Waals surface area contributed by atoms with Crippen LogP contribution in [0, 0.1) is 0 Å². The largest absolute Gasteiger partial charge is 0.454 e. The fraction of sp³-hybridized carbons (Fsp3) is 0.464. The number of rotatable bonds is 6. The van der Waals surface area contributed by atoms with E-state index in [1.54, 1.807) is 28.0 Å². The summed E-state index contributed by atoms with van der Waals surface area (Å²) in [5.41, 5.74) is 0.660. The molecule has 3 amide bonds. The number of nitrogens with one attached hydrogen (secondary N) is 1. The zero-order valence-electron chi connectivity index (χ0n) is 21.3. The van der Waals surface area contributed by atoms with Crippen molar-refractivity contribution in [2.24, 2.45) is 0 Å². The van der Waals surface area contributed by atoms with Gasteiger partial charge in [0.1, 0.15) is 12.1 Å². The van der Waals surface area contributed by atoms with Crippen LogP contribution < -0.4 is 19.7 Å². The lowest BCUT2D eigenvalue weighted by Gasteiger charge is -2.43. The van der Waals surface area contributed by atoms with Crippen molar-refractivity contribution in [1.82, 2.24) is 15.1 Å². The molecule has 4 heterocycles. The molecular weight excluding hydrogens is 488 g/mol. The Morgan fingerprint density at radius 2 is 1.82 bits per heavy atom. The number of para-hydroxylation sites is 1. The minimum atomic E-state index is -0.804. The number of benzene rings is 2. The SMILES string of the molecule is O=C(CN1CN(c2ccccc2)C2(CCN(C(=O)c3ccc4c(c3)OCO4)CC2)C1=O)NCC1CCCO1. The Kier molecular flexibility index (Phi) is 6.57. The van der Waals surface area contributed by atoms with Gasteiger partial charge in [-0.3, -0.25) is 14.4 Å². The van der Waals surface area contributed by atoms with Crippen molar-refractivity contribution in [1.29, 1.82) is 0 Å². The molecule has 0 saturated carbocycles. The maximum Gasteiger partial charge on any atom is 0.253 e. The van der Waals surface area contributed by atoms with Gasteiger partial charge in [-0.2, -0.15) is 0 Å². The predicted molar refractivity (Wildman–Crippen MR) is 138 cm³/mol. The number of nitrogens with zero attached hydrogens (tertiary/aromatic N) is 3. The molecule has 200 valence electrons. The topological polar surface area (TPSA) is 101 Å². The van der Waals surface area contributed by atoms with Crippen LogP contribution in [0.3, 0.4) is 0 Å². The first-order chi connectivity index (χ1) is 18.5. The smallest absolute Gasteiger partial charge is 0.253 e. The van der Waals surface area contributed by atoms with Crippen molar-refractivity contribution < 1.29 is 28.6 Å². The molecule has 2 aromatic carbocycles. The number of ether oxygens (including phenoxy) is 3. The normalized spacial score (nSPS) is 21.8. The van der Waals surface area contributed by atoms with Gasteiger partial charge >= 0.3 is 0 Å². The highest BCUT2D eigenvalue weighted by molar-refractivity contribution is 5.98. The lowest BCUT2D eigenvalue weighted by molar-refractivity contribution is -0.137. The van der Waals surface area contributed by atoms with Gasteiger partial charge < -0.3 is 34.2 Å². The van der Waals surface area contributed by atoms with Crippen LogP contribution in [-0.4, -0.2) is 85.4 Å². The average molecular weight is 521 g/mol. The number of hydrogen-bond donors (Lipinski definition) is 1. The van der Waals surface area contributed by atoms with Crippen LogP contribution in [0.15, 0.2) is 48.5 Å². The predicted octanol–water partition coefficient (Wildman–Crippen LogP) is 1.99. The number of anilines is 1. The summed E-state index contributed by atoms with van der Waals surface area (Å²) in [6.07, 6.45) is 2.95. The van der Waals surface area contributed by atoms with Crippen molar-refractivity contribution in [3.8, 4) is 11.5 Å². The lowest BCUT2D eigenvalue weighted by atomic mass is 9.85. The summed E-state index contributed by atoms with van der Waals surface area (Å²) in [5, 5.41) is 2.93. The third kappa shape index (κ3) is 4.53. The Morgan fingerprint density at radius 1 is 1.03 bits per heavy atom. The molecule has 38 heavy (non-hydrogen) atoms.